The zero-order valence-corrected chi connectivity index (χ0v) is 17.8. The molecule has 3 rings (SSSR count). The standard InChI is InChI=1S/C19H25ClFN3OS.ClH/c1-24-15(11-18(25)23-17-10-13(20)8-9-16(17)21)12-26-19(24)22-14-6-4-2-3-5-7-14;/h8-10,14-15H,2-7,11-12H2,1H3,(H,23,25);1H/b22-19-;. The van der Waals surface area contributed by atoms with Gasteiger partial charge in [-0.1, -0.05) is 49.0 Å². The number of benzene rings is 1. The van der Waals surface area contributed by atoms with Crippen molar-refractivity contribution in [2.24, 2.45) is 4.99 Å². The van der Waals surface area contributed by atoms with Crippen LogP contribution in [-0.2, 0) is 4.79 Å². The Hall–Kier alpha value is -0.980. The van der Waals surface area contributed by atoms with E-state index in [1.54, 1.807) is 11.8 Å². The molecule has 0 bridgehead atoms. The molecule has 1 atom stereocenters. The molecule has 27 heavy (non-hydrogen) atoms. The highest BCUT2D eigenvalue weighted by Crippen LogP contribution is 2.28. The first-order chi connectivity index (χ1) is 12.5. The minimum Gasteiger partial charge on any atom is -0.350 e. The number of nitrogens with one attached hydrogen (secondary N) is 1. The Labute approximate surface area is 175 Å². The minimum absolute atomic E-state index is 0. The van der Waals surface area contributed by atoms with Crippen molar-refractivity contribution in [3.05, 3.63) is 29.0 Å². The molecule has 1 unspecified atom stereocenters. The molecule has 1 saturated carbocycles. The Bertz CT molecular complexity index is 681. The van der Waals surface area contributed by atoms with Crippen LogP contribution in [0, 0.1) is 5.82 Å². The van der Waals surface area contributed by atoms with Crippen LogP contribution in [0.3, 0.4) is 0 Å². The number of aliphatic imine (C=N–C) groups is 1. The van der Waals surface area contributed by atoms with Crippen molar-refractivity contribution in [3.63, 3.8) is 0 Å². The van der Waals surface area contributed by atoms with E-state index < -0.39 is 5.82 Å². The Kier molecular flexibility index (Phi) is 8.70. The fraction of sp³-hybridized carbons (Fsp3) is 0.579. The van der Waals surface area contributed by atoms with Crippen LogP contribution in [0.5, 0.6) is 0 Å². The van der Waals surface area contributed by atoms with Gasteiger partial charge < -0.3 is 10.2 Å². The highest BCUT2D eigenvalue weighted by Gasteiger charge is 2.30. The van der Waals surface area contributed by atoms with Crippen molar-refractivity contribution in [1.82, 2.24) is 4.90 Å². The van der Waals surface area contributed by atoms with Gasteiger partial charge in [0.05, 0.1) is 11.7 Å². The molecule has 1 aliphatic carbocycles. The van der Waals surface area contributed by atoms with Crippen LogP contribution < -0.4 is 5.32 Å². The molecular weight excluding hydrogens is 408 g/mol. The monoisotopic (exact) mass is 433 g/mol. The van der Waals surface area contributed by atoms with Gasteiger partial charge in [0.2, 0.25) is 5.91 Å². The number of halogens is 3. The molecule has 0 radical (unpaired) electrons. The predicted octanol–water partition coefficient (Wildman–Crippen LogP) is 5.36. The topological polar surface area (TPSA) is 44.7 Å². The third-order valence-electron chi connectivity index (χ3n) is 5.00. The normalized spacial score (nSPS) is 22.4. The Morgan fingerprint density at radius 1 is 1.33 bits per heavy atom. The van der Waals surface area contributed by atoms with E-state index in [1.807, 2.05) is 7.05 Å². The molecule has 1 N–H and O–H groups in total. The van der Waals surface area contributed by atoms with E-state index in [-0.39, 0.29) is 30.0 Å². The average molecular weight is 434 g/mol. The summed E-state index contributed by atoms with van der Waals surface area (Å²) in [5, 5.41) is 4.06. The summed E-state index contributed by atoms with van der Waals surface area (Å²) < 4.78 is 13.8. The molecule has 1 aromatic carbocycles. The van der Waals surface area contributed by atoms with Crippen molar-refractivity contribution in [3.8, 4) is 0 Å². The van der Waals surface area contributed by atoms with Crippen LogP contribution in [-0.4, -0.2) is 40.9 Å². The quantitative estimate of drug-likeness (QED) is 0.650. The lowest BCUT2D eigenvalue weighted by atomic mass is 10.1. The number of carbonyl (C=O) groups is 1. The van der Waals surface area contributed by atoms with Crippen molar-refractivity contribution in [1.29, 1.82) is 0 Å². The molecule has 1 aromatic rings. The van der Waals surface area contributed by atoms with Crippen molar-refractivity contribution >= 4 is 52.5 Å². The lowest BCUT2D eigenvalue weighted by Gasteiger charge is -2.21. The van der Waals surface area contributed by atoms with E-state index >= 15 is 0 Å². The third kappa shape index (κ3) is 6.26. The summed E-state index contributed by atoms with van der Waals surface area (Å²) in [7, 11) is 1.99. The second-order valence-corrected chi connectivity index (χ2v) is 8.43. The molecule has 0 aromatic heterocycles. The first-order valence-corrected chi connectivity index (χ1v) is 10.6. The van der Waals surface area contributed by atoms with Crippen LogP contribution in [0.4, 0.5) is 10.1 Å². The molecule has 1 amide bonds. The highest BCUT2D eigenvalue weighted by molar-refractivity contribution is 8.14. The van der Waals surface area contributed by atoms with Crippen molar-refractivity contribution in [2.45, 2.75) is 57.0 Å². The summed E-state index contributed by atoms with van der Waals surface area (Å²) in [5.74, 6) is 0.139. The zero-order valence-electron chi connectivity index (χ0n) is 15.4. The number of nitrogens with zero attached hydrogens (tertiary/aromatic N) is 2. The van der Waals surface area contributed by atoms with Crippen LogP contribution in [0.1, 0.15) is 44.9 Å². The van der Waals surface area contributed by atoms with E-state index in [0.29, 0.717) is 17.5 Å². The summed E-state index contributed by atoms with van der Waals surface area (Å²) in [4.78, 5) is 19.4. The van der Waals surface area contributed by atoms with Gasteiger partial charge in [-0.25, -0.2) is 4.39 Å². The molecule has 150 valence electrons. The van der Waals surface area contributed by atoms with E-state index in [4.69, 9.17) is 16.6 Å². The number of amides is 1. The highest BCUT2D eigenvalue weighted by atomic mass is 35.5. The van der Waals surface area contributed by atoms with E-state index in [0.717, 1.165) is 23.8 Å². The maximum Gasteiger partial charge on any atom is 0.226 e. The Morgan fingerprint density at radius 3 is 2.74 bits per heavy atom. The van der Waals surface area contributed by atoms with Gasteiger partial charge in [-0.3, -0.25) is 9.79 Å². The summed E-state index contributed by atoms with van der Waals surface area (Å²) in [6.07, 6.45) is 7.77. The SMILES string of the molecule is CN1/C(=N/C2CCCCCC2)SCC1CC(=O)Nc1cc(Cl)ccc1F.Cl. The first kappa shape index (κ1) is 22.3. The number of hydrogen-bond donors (Lipinski definition) is 1. The lowest BCUT2D eigenvalue weighted by Crippen LogP contribution is -2.34. The second-order valence-electron chi connectivity index (χ2n) is 7.01. The van der Waals surface area contributed by atoms with Crippen LogP contribution in [0.15, 0.2) is 23.2 Å². The average Bonchev–Trinajstić information content (AvgIpc) is 2.80. The van der Waals surface area contributed by atoms with Gasteiger partial charge in [-0.2, -0.15) is 0 Å². The molecule has 2 fully saturated rings. The number of amidine groups is 1. The number of rotatable bonds is 4. The maximum atomic E-state index is 13.8. The van der Waals surface area contributed by atoms with Gasteiger partial charge >= 0.3 is 0 Å². The number of anilines is 1. The first-order valence-electron chi connectivity index (χ1n) is 9.21. The van der Waals surface area contributed by atoms with Crippen molar-refractivity contribution < 1.29 is 9.18 Å². The number of hydrogen-bond acceptors (Lipinski definition) is 3. The summed E-state index contributed by atoms with van der Waals surface area (Å²) in [6.45, 7) is 0. The molecule has 4 nitrogen and oxygen atoms in total. The summed E-state index contributed by atoms with van der Waals surface area (Å²) >= 11 is 7.59. The van der Waals surface area contributed by atoms with Crippen LogP contribution >= 0.6 is 35.8 Å². The zero-order chi connectivity index (χ0) is 18.5. The maximum absolute atomic E-state index is 13.8. The summed E-state index contributed by atoms with van der Waals surface area (Å²) in [5.41, 5.74) is 0.128. The molecule has 1 heterocycles. The van der Waals surface area contributed by atoms with Crippen LogP contribution in [0.2, 0.25) is 5.02 Å². The molecule has 1 aliphatic heterocycles. The van der Waals surface area contributed by atoms with Gasteiger partial charge in [0.25, 0.3) is 0 Å². The van der Waals surface area contributed by atoms with E-state index in [9.17, 15) is 9.18 Å². The van der Waals surface area contributed by atoms with E-state index in [1.165, 1.54) is 43.9 Å². The number of carbonyl (C=O) groups excluding carboxylic acids is 1. The molecule has 1 saturated heterocycles. The smallest absolute Gasteiger partial charge is 0.226 e. The molecule has 2 aliphatic rings. The van der Waals surface area contributed by atoms with Gasteiger partial charge in [0, 0.05) is 30.3 Å². The Balaban J connectivity index is 0.00000261. The van der Waals surface area contributed by atoms with E-state index in [2.05, 4.69) is 10.2 Å². The van der Waals surface area contributed by atoms with Gasteiger partial charge in [-0.15, -0.1) is 12.4 Å². The van der Waals surface area contributed by atoms with Gasteiger partial charge in [-0.05, 0) is 31.0 Å². The Morgan fingerprint density at radius 2 is 2.04 bits per heavy atom. The fourth-order valence-corrected chi connectivity index (χ4v) is 4.85. The molecule has 8 heteroatoms. The lowest BCUT2D eigenvalue weighted by molar-refractivity contribution is -0.116. The minimum atomic E-state index is -0.479. The fourth-order valence-electron chi connectivity index (χ4n) is 3.42. The second kappa shape index (κ2) is 10.5. The predicted molar refractivity (Wildman–Crippen MR) is 115 cm³/mol. The van der Waals surface area contributed by atoms with Crippen molar-refractivity contribution in [2.75, 3.05) is 18.1 Å². The molecule has 0 spiro atoms. The van der Waals surface area contributed by atoms with Gasteiger partial charge in [0.1, 0.15) is 5.82 Å². The van der Waals surface area contributed by atoms with Gasteiger partial charge in [0.15, 0.2) is 5.17 Å². The largest absolute Gasteiger partial charge is 0.350 e. The summed E-state index contributed by atoms with van der Waals surface area (Å²) in [6, 6.07) is 4.64. The van der Waals surface area contributed by atoms with Crippen LogP contribution in [0.25, 0.3) is 0 Å². The number of thioether (sulfide) groups is 1. The molecular formula is C19H26Cl2FN3OS. The third-order valence-corrected chi connectivity index (χ3v) is 6.43.